The number of ether oxygens (including phenoxy) is 10. The Balaban J connectivity index is 0.00000468. The molecule has 25 nitrogen and oxygen atoms in total. The van der Waals surface area contributed by atoms with Gasteiger partial charge in [-0.25, -0.2) is 0 Å². The van der Waals surface area contributed by atoms with Gasteiger partial charge >= 0.3 is 276 Å². The number of aromatic hydroxyl groups is 1. The van der Waals surface area contributed by atoms with Crippen LogP contribution in [0.25, 0.3) is 86.8 Å². The monoisotopic (exact) mass is 2510 g/mol. The van der Waals surface area contributed by atoms with E-state index in [2.05, 4.69) is 93.6 Å². The molecule has 0 amide bonds. The van der Waals surface area contributed by atoms with Gasteiger partial charge in [0, 0.05) is 65.6 Å². The Morgan fingerprint density at radius 1 is 0.345 bits per heavy atom. The van der Waals surface area contributed by atoms with E-state index < -0.39 is 46.0 Å². The fourth-order valence-corrected chi connectivity index (χ4v) is 23.2. The summed E-state index contributed by atoms with van der Waals surface area (Å²) in [5.74, 6) is -6.62. The van der Waals surface area contributed by atoms with Crippen LogP contribution in [0.1, 0.15) is 209 Å². The molecule has 14 aromatic rings. The SMILES string of the molecule is CCCCCCc1cc(-c2ccc(-c3cc(CCCCCC)c(-c4ccc5c(c4)C(c4ccc(O)c(C(=O)[O-])c4)(c4ccc(COCCOCCOCCO)c(C(=O)[O-])c4)c4cc(Cc6ccc(-c7ccc8c(c7)C(c7ccc(COCCOCCOCCO)c(C(=O)[O-])c7)(c7ccc(OCCOCCOCCOC)c(C(=O)[O-])c7)c7cc(CC)ccc7-8)c7nsnc67)ccc4-5)s3)c3nsnc23)sc1CC.[Cs+].[Cs+].[Cs+].[Cs+]. The molecule has 145 heavy (non-hydrogen) atoms. The standard InChI is InChI=1S/C112H118N4O21S4.4Cs/c1-6-10-12-14-16-72-61-100(138-99(72)9-4)87-34-35-88(105-104(87)115-141-116-105)101-62-74(17-15-13-11-7-2)106(139-101)75-24-33-86-84-30-19-70(58-94(84)111(96(86)60-75,80-27-36-97(119)91(65-80)109(124)125)78-25-20-76(89(63-78)107(120)121)67-135-52-50-132-46-44-129-40-38-117)56-73-23-31-82(103-102(73)113-140-114-103)71-22-32-85-83-29-18-69(8-3)57-93(83)112(95(85)59-71,79-26-21-77(90(64-79)108(122)123)68-136-53-51-133-47-45-130-41-39-118)81-28-37-98(92(66-81)110(126)127)137-55-54-134-49-48-131-43-42-128-5;;;;/h18-37,57-66,117-119H,6-17,38-56,67-68H2,1-5H3,(H,120,121)(H,122,123)(H,124,125)(H,126,127);;;;/q;4*+1/p-4. The molecule has 0 saturated carbocycles. The number of aryl methyl sites for hydroxylation is 4. The predicted octanol–water partition coefficient (Wildman–Crippen LogP) is 4.49. The first-order valence-electron chi connectivity index (χ1n) is 48.3. The van der Waals surface area contributed by atoms with Gasteiger partial charge in [-0.2, -0.15) is 17.5 Å². The Morgan fingerprint density at radius 2 is 0.745 bits per heavy atom. The molecule has 0 radical (unpaired) electrons. The number of benzene rings is 10. The minimum Gasteiger partial charge on any atom is -0.545 e. The number of hydrogen-bond acceptors (Lipinski definition) is 29. The number of rotatable bonds is 56. The summed E-state index contributed by atoms with van der Waals surface area (Å²) in [4.78, 5) is 59.7. The number of fused-ring (bicyclic) bond motifs is 8. The van der Waals surface area contributed by atoms with Crippen LogP contribution in [0.3, 0.4) is 0 Å². The maximum Gasteiger partial charge on any atom is 1.00 e. The van der Waals surface area contributed by atoms with Crippen LogP contribution in [0.2, 0.25) is 0 Å². The zero-order valence-electron chi connectivity index (χ0n) is 83.8. The van der Waals surface area contributed by atoms with E-state index in [0.717, 1.165) is 151 Å². The Bertz CT molecular complexity index is 6720. The number of carbonyl (C=O) groups excluding carboxylic acids is 4. The third-order valence-corrected chi connectivity index (χ3v) is 30.1. The number of carboxylic acid groups (broad SMARTS) is 4. The van der Waals surface area contributed by atoms with Crippen molar-refractivity contribution in [2.75, 3.05) is 126 Å². The first-order valence-corrected chi connectivity index (χ1v) is 51.4. The molecular formula is C112H114Cs4N4O21S4. The number of carboxylic acids is 4. The number of hydrogen-bond donors (Lipinski definition) is 3. The zero-order valence-corrected chi connectivity index (χ0v) is 112. The van der Waals surface area contributed by atoms with Gasteiger partial charge in [0.05, 0.1) is 184 Å². The van der Waals surface area contributed by atoms with Crippen molar-refractivity contribution < 1.29 is 378 Å². The van der Waals surface area contributed by atoms with Gasteiger partial charge in [-0.05, 0) is 222 Å². The van der Waals surface area contributed by atoms with Gasteiger partial charge in [0.15, 0.2) is 0 Å². The van der Waals surface area contributed by atoms with Gasteiger partial charge in [0.2, 0.25) is 0 Å². The van der Waals surface area contributed by atoms with Crippen LogP contribution < -0.4 is 301 Å². The van der Waals surface area contributed by atoms with Gasteiger partial charge in [-0.15, -0.1) is 22.7 Å². The normalized spacial score (nSPS) is 13.8. The number of aliphatic hydroxyl groups excluding tert-OH is 2. The largest absolute Gasteiger partial charge is 1.00 e. The van der Waals surface area contributed by atoms with Crippen LogP contribution in [0.4, 0.5) is 0 Å². The molecule has 33 heteroatoms. The summed E-state index contributed by atoms with van der Waals surface area (Å²) < 4.78 is 77.1. The Hall–Kier alpha value is -3.51. The maximum atomic E-state index is 14.1. The fraction of sp³-hybridized carbons (Fsp3) is 0.357. The molecule has 16 rings (SSSR count). The van der Waals surface area contributed by atoms with Gasteiger partial charge < -0.3 is 102 Å². The topological polar surface area (TPSA) is 365 Å². The fourth-order valence-electron chi connectivity index (χ4n) is 19.6. The Kier molecular flexibility index (Phi) is 48.8. The quantitative estimate of drug-likeness (QED) is 0.0442. The summed E-state index contributed by atoms with van der Waals surface area (Å²) in [6.07, 6.45) is 12.3. The van der Waals surface area contributed by atoms with E-state index in [1.165, 1.54) is 64.5 Å². The molecule has 10 aromatic carbocycles. The van der Waals surface area contributed by atoms with Crippen molar-refractivity contribution in [2.45, 2.75) is 135 Å². The number of phenols is 1. The first kappa shape index (κ1) is 120. The van der Waals surface area contributed by atoms with Crippen LogP contribution in [0.5, 0.6) is 11.5 Å². The van der Waals surface area contributed by atoms with Crippen molar-refractivity contribution in [2.24, 2.45) is 0 Å². The molecule has 2 aliphatic carbocycles. The number of unbranched alkanes of at least 4 members (excludes halogenated alkanes) is 6. The smallest absolute Gasteiger partial charge is 0.545 e. The number of aromatic carboxylic acids is 4. The van der Waals surface area contributed by atoms with Crippen molar-refractivity contribution in [3.63, 3.8) is 0 Å². The third-order valence-electron chi connectivity index (χ3n) is 26.4. The van der Waals surface area contributed by atoms with E-state index in [1.54, 1.807) is 60.9 Å². The second-order valence-corrected chi connectivity index (χ2v) is 38.3. The first-order chi connectivity index (χ1) is 68.9. The number of methoxy groups -OCH3 is 1. The summed E-state index contributed by atoms with van der Waals surface area (Å²) in [6.45, 7) is 11.6. The van der Waals surface area contributed by atoms with Crippen LogP contribution >= 0.6 is 46.1 Å². The summed E-state index contributed by atoms with van der Waals surface area (Å²) >= 11 is 5.75. The number of nitrogens with zero attached hydrogens (tertiary/aromatic N) is 4. The van der Waals surface area contributed by atoms with E-state index in [4.69, 9.17) is 70.0 Å². The molecule has 3 N–H and O–H groups in total. The summed E-state index contributed by atoms with van der Waals surface area (Å²) in [5, 5.41) is 85.1. The molecule has 2 aliphatic rings. The minimum atomic E-state index is -1.63. The second-order valence-electron chi connectivity index (χ2n) is 35.1. The van der Waals surface area contributed by atoms with Crippen molar-refractivity contribution >= 4 is 92.1 Å². The van der Waals surface area contributed by atoms with E-state index in [1.807, 2.05) is 66.8 Å². The molecule has 0 saturated heterocycles. The van der Waals surface area contributed by atoms with E-state index in [-0.39, 0.29) is 417 Å². The predicted molar refractivity (Wildman–Crippen MR) is 539 cm³/mol. The van der Waals surface area contributed by atoms with Crippen LogP contribution in [-0.2, 0) is 98.8 Å². The number of aromatic nitrogens is 4. The summed E-state index contributed by atoms with van der Waals surface area (Å²) in [6, 6.07) is 57.6. The molecule has 0 fully saturated rings. The molecule has 0 aliphatic heterocycles. The zero-order chi connectivity index (χ0) is 98.5. The molecule has 2 atom stereocenters. The second kappa shape index (κ2) is 58.9. The van der Waals surface area contributed by atoms with E-state index in [9.17, 15) is 49.8 Å². The van der Waals surface area contributed by atoms with E-state index >= 15 is 0 Å². The average molecular weight is 2510 g/mol. The molecule has 4 heterocycles. The van der Waals surface area contributed by atoms with E-state index in [0.29, 0.717) is 98.5 Å². The molecule has 0 bridgehead atoms. The van der Waals surface area contributed by atoms with Crippen molar-refractivity contribution in [1.29, 1.82) is 0 Å². The van der Waals surface area contributed by atoms with Crippen molar-refractivity contribution in [3.05, 3.63) is 293 Å². The number of aliphatic hydroxyl groups is 2. The van der Waals surface area contributed by atoms with Gasteiger partial charge in [-0.1, -0.05) is 188 Å². The Morgan fingerprint density at radius 3 is 1.26 bits per heavy atom. The number of thiophene rings is 2. The summed E-state index contributed by atoms with van der Waals surface area (Å²) in [5.41, 5.74) is 16.3. The van der Waals surface area contributed by atoms with Gasteiger partial charge in [0.25, 0.3) is 0 Å². The van der Waals surface area contributed by atoms with Gasteiger partial charge in [-0.3, -0.25) is 0 Å². The van der Waals surface area contributed by atoms with Crippen LogP contribution in [0, 0.1) is 0 Å². The molecule has 2 unspecified atom stereocenters. The molecule has 4 aromatic heterocycles. The maximum absolute atomic E-state index is 14.1. The van der Waals surface area contributed by atoms with Gasteiger partial charge in [0.1, 0.15) is 40.2 Å². The minimum absolute atomic E-state index is 0. The number of carbonyl (C=O) groups is 4. The summed E-state index contributed by atoms with van der Waals surface area (Å²) in [7, 11) is 1.59. The average Bonchev–Trinajstić information content (AvgIpc) is 1.53. The molecular weight excluding hydrogens is 2400 g/mol. The Labute approximate surface area is 1100 Å². The third kappa shape index (κ3) is 27.8. The molecule has 0 spiro atoms. The van der Waals surface area contributed by atoms with Crippen LogP contribution in [-0.4, -0.2) is 183 Å². The van der Waals surface area contributed by atoms with Crippen molar-refractivity contribution in [1.82, 2.24) is 17.5 Å². The van der Waals surface area contributed by atoms with Crippen molar-refractivity contribution in [3.8, 4) is 76.2 Å². The molecule has 736 valence electrons. The van der Waals surface area contributed by atoms with Crippen LogP contribution in [0.15, 0.2) is 182 Å².